The molecule has 102 valence electrons. The Kier molecular flexibility index (Phi) is 3.89. The third-order valence-electron chi connectivity index (χ3n) is 4.13. The molecule has 0 spiro atoms. The lowest BCUT2D eigenvalue weighted by Crippen LogP contribution is -2.43. The predicted molar refractivity (Wildman–Crippen MR) is 78.9 cm³/mol. The molecule has 1 amide bonds. The minimum atomic E-state index is 0.0488. The zero-order valence-electron chi connectivity index (χ0n) is 10.9. The van der Waals surface area contributed by atoms with Crippen LogP contribution in [-0.2, 0) is 4.79 Å². The van der Waals surface area contributed by atoms with E-state index in [9.17, 15) is 4.79 Å². The number of halogens is 1. The van der Waals surface area contributed by atoms with Gasteiger partial charge in [0, 0.05) is 11.0 Å². The van der Waals surface area contributed by atoms with Crippen LogP contribution >= 0.6 is 15.9 Å². The fourth-order valence-corrected chi connectivity index (χ4v) is 3.60. The van der Waals surface area contributed by atoms with Crippen molar-refractivity contribution in [3.63, 3.8) is 0 Å². The summed E-state index contributed by atoms with van der Waals surface area (Å²) in [5.74, 6) is 0.292. The first-order valence-electron chi connectivity index (χ1n) is 7.05. The van der Waals surface area contributed by atoms with Gasteiger partial charge in [-0.3, -0.25) is 4.79 Å². The Bertz CT molecular complexity index is 471. The number of carbonyl (C=O) groups excluding carboxylic acids is 1. The van der Waals surface area contributed by atoms with E-state index in [0.29, 0.717) is 5.91 Å². The Morgan fingerprint density at radius 1 is 1.32 bits per heavy atom. The molecule has 1 aromatic rings. The third-order valence-corrected chi connectivity index (χ3v) is 4.62. The first-order valence-corrected chi connectivity index (χ1v) is 7.84. The summed E-state index contributed by atoms with van der Waals surface area (Å²) in [4.78, 5) is 14.6. The first-order chi connectivity index (χ1) is 9.25. The van der Waals surface area contributed by atoms with E-state index in [0.717, 1.165) is 43.2 Å². The molecule has 2 fully saturated rings. The van der Waals surface area contributed by atoms with Crippen LogP contribution in [0, 0.1) is 0 Å². The van der Waals surface area contributed by atoms with Gasteiger partial charge in [0.05, 0.1) is 12.1 Å². The van der Waals surface area contributed by atoms with Crippen molar-refractivity contribution >= 4 is 21.8 Å². The molecule has 2 aliphatic heterocycles. The molecule has 2 heterocycles. The maximum absolute atomic E-state index is 12.6. The Morgan fingerprint density at radius 2 is 2.21 bits per heavy atom. The van der Waals surface area contributed by atoms with E-state index in [2.05, 4.69) is 38.3 Å². The smallest absolute Gasteiger partial charge is 0.240 e. The van der Waals surface area contributed by atoms with Gasteiger partial charge in [0.25, 0.3) is 0 Å². The van der Waals surface area contributed by atoms with Crippen LogP contribution in [0.1, 0.15) is 37.3 Å². The molecule has 2 atom stereocenters. The van der Waals surface area contributed by atoms with Crippen LogP contribution in [0.15, 0.2) is 28.7 Å². The van der Waals surface area contributed by atoms with E-state index >= 15 is 0 Å². The highest BCUT2D eigenvalue weighted by molar-refractivity contribution is 9.10. The van der Waals surface area contributed by atoms with Gasteiger partial charge in [0.1, 0.15) is 0 Å². The molecule has 4 heteroatoms. The van der Waals surface area contributed by atoms with Gasteiger partial charge in [-0.15, -0.1) is 0 Å². The normalized spacial score (nSPS) is 26.9. The maximum atomic E-state index is 12.6. The zero-order valence-corrected chi connectivity index (χ0v) is 12.5. The lowest BCUT2D eigenvalue weighted by atomic mass is 10.0. The van der Waals surface area contributed by atoms with Crippen molar-refractivity contribution in [1.29, 1.82) is 0 Å². The van der Waals surface area contributed by atoms with Crippen molar-refractivity contribution in [2.24, 2.45) is 0 Å². The highest BCUT2D eigenvalue weighted by Crippen LogP contribution is 2.34. The van der Waals surface area contributed by atoms with Crippen LogP contribution in [-0.4, -0.2) is 29.9 Å². The second-order valence-corrected chi connectivity index (χ2v) is 6.31. The van der Waals surface area contributed by atoms with Gasteiger partial charge >= 0.3 is 0 Å². The number of hydrogen-bond acceptors (Lipinski definition) is 2. The summed E-state index contributed by atoms with van der Waals surface area (Å²) in [7, 11) is 0. The molecule has 2 saturated heterocycles. The summed E-state index contributed by atoms with van der Waals surface area (Å²) in [6.45, 7) is 1.87. The van der Waals surface area contributed by atoms with E-state index in [1.807, 2.05) is 12.1 Å². The topological polar surface area (TPSA) is 32.3 Å². The van der Waals surface area contributed by atoms with Gasteiger partial charge in [0.2, 0.25) is 5.91 Å². The summed E-state index contributed by atoms with van der Waals surface area (Å²) in [6.07, 6.45) is 4.29. The Balaban J connectivity index is 1.79. The molecule has 2 unspecified atom stereocenters. The molecule has 0 aliphatic carbocycles. The fraction of sp³-hybridized carbons (Fsp3) is 0.533. The van der Waals surface area contributed by atoms with Crippen molar-refractivity contribution in [2.45, 2.75) is 37.8 Å². The van der Waals surface area contributed by atoms with E-state index < -0.39 is 0 Å². The lowest BCUT2D eigenvalue weighted by Gasteiger charge is -2.28. The summed E-state index contributed by atoms with van der Waals surface area (Å²) >= 11 is 3.52. The van der Waals surface area contributed by atoms with Crippen molar-refractivity contribution in [2.75, 3.05) is 13.1 Å². The molecule has 0 bridgehead atoms. The Hall–Kier alpha value is -0.870. The number of benzene rings is 1. The molecule has 19 heavy (non-hydrogen) atoms. The van der Waals surface area contributed by atoms with Crippen LogP contribution in [0.2, 0.25) is 0 Å². The van der Waals surface area contributed by atoms with E-state index in [1.165, 1.54) is 5.56 Å². The lowest BCUT2D eigenvalue weighted by molar-refractivity contribution is -0.134. The number of nitrogens with one attached hydrogen (secondary N) is 1. The SMILES string of the molecule is O=C(C1CCCN1)N1CCCC1c1cccc(Br)c1. The van der Waals surface area contributed by atoms with E-state index in [4.69, 9.17) is 0 Å². The highest BCUT2D eigenvalue weighted by Gasteiger charge is 2.34. The molecular formula is C15H19BrN2O. The van der Waals surface area contributed by atoms with Gasteiger partial charge in [-0.1, -0.05) is 28.1 Å². The van der Waals surface area contributed by atoms with Gasteiger partial charge in [-0.25, -0.2) is 0 Å². The minimum Gasteiger partial charge on any atom is -0.334 e. The molecule has 1 N–H and O–H groups in total. The number of hydrogen-bond donors (Lipinski definition) is 1. The number of amides is 1. The molecule has 0 saturated carbocycles. The van der Waals surface area contributed by atoms with Gasteiger partial charge in [0.15, 0.2) is 0 Å². The maximum Gasteiger partial charge on any atom is 0.240 e. The Morgan fingerprint density at radius 3 is 2.95 bits per heavy atom. The van der Waals surface area contributed by atoms with Gasteiger partial charge in [-0.2, -0.15) is 0 Å². The van der Waals surface area contributed by atoms with Crippen LogP contribution in [0.25, 0.3) is 0 Å². The summed E-state index contributed by atoms with van der Waals surface area (Å²) in [5, 5.41) is 3.32. The average molecular weight is 323 g/mol. The van der Waals surface area contributed by atoms with Crippen LogP contribution in [0.5, 0.6) is 0 Å². The number of carbonyl (C=O) groups is 1. The highest BCUT2D eigenvalue weighted by atomic mass is 79.9. The standard InChI is InChI=1S/C15H19BrN2O/c16-12-5-1-4-11(10-12)14-7-3-9-18(14)15(19)13-6-2-8-17-13/h1,4-5,10,13-14,17H,2-3,6-9H2. The van der Waals surface area contributed by atoms with Gasteiger partial charge < -0.3 is 10.2 Å². The predicted octanol–water partition coefficient (Wildman–Crippen LogP) is 2.86. The molecule has 1 aromatic carbocycles. The fourth-order valence-electron chi connectivity index (χ4n) is 3.19. The second kappa shape index (κ2) is 5.63. The molecule has 0 radical (unpaired) electrons. The number of rotatable bonds is 2. The molecular weight excluding hydrogens is 304 g/mol. The van der Waals surface area contributed by atoms with E-state index in [1.54, 1.807) is 0 Å². The first kappa shape index (κ1) is 13.1. The van der Waals surface area contributed by atoms with Crippen molar-refractivity contribution in [1.82, 2.24) is 10.2 Å². The number of likely N-dealkylation sites (tertiary alicyclic amines) is 1. The largest absolute Gasteiger partial charge is 0.334 e. The zero-order chi connectivity index (χ0) is 13.2. The van der Waals surface area contributed by atoms with E-state index in [-0.39, 0.29) is 12.1 Å². The average Bonchev–Trinajstić information content (AvgIpc) is 3.09. The van der Waals surface area contributed by atoms with Crippen LogP contribution in [0.4, 0.5) is 0 Å². The monoisotopic (exact) mass is 322 g/mol. The third kappa shape index (κ3) is 2.70. The second-order valence-electron chi connectivity index (χ2n) is 5.39. The molecule has 3 nitrogen and oxygen atoms in total. The van der Waals surface area contributed by atoms with Crippen molar-refractivity contribution in [3.05, 3.63) is 34.3 Å². The molecule has 2 aliphatic rings. The Labute approximate surface area is 122 Å². The quantitative estimate of drug-likeness (QED) is 0.908. The van der Waals surface area contributed by atoms with Crippen LogP contribution in [0.3, 0.4) is 0 Å². The minimum absolute atomic E-state index is 0.0488. The van der Waals surface area contributed by atoms with Crippen LogP contribution < -0.4 is 5.32 Å². The summed E-state index contributed by atoms with van der Waals surface area (Å²) in [6, 6.07) is 8.65. The van der Waals surface area contributed by atoms with Crippen molar-refractivity contribution in [3.8, 4) is 0 Å². The van der Waals surface area contributed by atoms with Gasteiger partial charge in [-0.05, 0) is 49.9 Å². The van der Waals surface area contributed by atoms with Crippen molar-refractivity contribution < 1.29 is 4.79 Å². The summed E-state index contributed by atoms with van der Waals surface area (Å²) < 4.78 is 1.09. The number of nitrogens with zero attached hydrogens (tertiary/aromatic N) is 1. The summed E-state index contributed by atoms with van der Waals surface area (Å²) in [5.41, 5.74) is 1.25. The molecule has 3 rings (SSSR count). The molecule has 0 aromatic heterocycles.